The van der Waals surface area contributed by atoms with E-state index in [1.165, 1.54) is 87.7 Å². The molecule has 0 unspecified atom stereocenters. The van der Waals surface area contributed by atoms with Gasteiger partial charge >= 0.3 is 0 Å². The highest BCUT2D eigenvalue weighted by Crippen LogP contribution is 2.49. The summed E-state index contributed by atoms with van der Waals surface area (Å²) in [7, 11) is 0. The molecule has 6 aromatic rings. The van der Waals surface area contributed by atoms with Crippen molar-refractivity contribution >= 4 is 78.0 Å². The van der Waals surface area contributed by atoms with Gasteiger partial charge in [0.15, 0.2) is 0 Å². The standard InChI is InChI=1S/C49H55BN2S/c1-30-26-40-44-41(27-30)52(36-22-16-32(17-23-36)47(5,6)7)45-43(37-24-18-34(49(11,12)13)29-42(37)53-45)50(44)38-28-33(48(8,9)10)19-25-39(38)51(40)35-20-14-31(15-21-35)46(2,3)4/h14-29H,1-13H3. The van der Waals surface area contributed by atoms with Gasteiger partial charge in [-0.1, -0.05) is 132 Å². The molecule has 0 fully saturated rings. The molecule has 0 atom stereocenters. The molecule has 1 aromatic heterocycles. The Hall–Kier alpha value is -4.28. The monoisotopic (exact) mass is 714 g/mol. The number of benzene rings is 5. The first kappa shape index (κ1) is 35.7. The van der Waals surface area contributed by atoms with Gasteiger partial charge in [-0.25, -0.2) is 0 Å². The van der Waals surface area contributed by atoms with E-state index < -0.39 is 0 Å². The topological polar surface area (TPSA) is 6.48 Å². The van der Waals surface area contributed by atoms with E-state index in [1.54, 1.807) is 0 Å². The number of fused-ring (bicyclic) bond motifs is 6. The Balaban J connectivity index is 1.47. The average Bonchev–Trinajstić information content (AvgIpc) is 3.45. The summed E-state index contributed by atoms with van der Waals surface area (Å²) >= 11 is 1.96. The molecule has 4 heteroatoms. The second-order valence-electron chi connectivity index (χ2n) is 19.7. The SMILES string of the molecule is Cc1cc2c3c(c1)N(c1ccc(C(C)(C)C)cc1)c1sc4cc(C(C)(C)C)ccc4c1B3c1cc(C(C)(C)C)ccc1N2c1ccc(C(C)(C)C)cc1. The first-order valence-electron chi connectivity index (χ1n) is 19.4. The van der Waals surface area contributed by atoms with Crippen LogP contribution in [-0.4, -0.2) is 6.71 Å². The van der Waals surface area contributed by atoms with Gasteiger partial charge in [0, 0.05) is 33.1 Å². The fourth-order valence-corrected chi connectivity index (χ4v) is 9.66. The van der Waals surface area contributed by atoms with Crippen LogP contribution in [0.3, 0.4) is 0 Å². The summed E-state index contributed by atoms with van der Waals surface area (Å²) in [5.41, 5.74) is 17.4. The zero-order chi connectivity index (χ0) is 38.0. The molecule has 3 heterocycles. The summed E-state index contributed by atoms with van der Waals surface area (Å²) in [6.45, 7) is 30.1. The van der Waals surface area contributed by atoms with Gasteiger partial charge in [-0.15, -0.1) is 11.3 Å². The molecule has 0 N–H and O–H groups in total. The fraction of sp³-hybridized carbons (Fsp3) is 0.347. The fourth-order valence-electron chi connectivity index (χ4n) is 8.35. The molecule has 8 rings (SSSR count). The first-order chi connectivity index (χ1) is 24.7. The van der Waals surface area contributed by atoms with Gasteiger partial charge in [-0.3, -0.25) is 0 Å². The Bertz CT molecular complexity index is 2390. The van der Waals surface area contributed by atoms with Gasteiger partial charge in [-0.05, 0) is 127 Å². The predicted octanol–water partition coefficient (Wildman–Crippen LogP) is 12.5. The molecule has 53 heavy (non-hydrogen) atoms. The van der Waals surface area contributed by atoms with Gasteiger partial charge in [0.2, 0.25) is 0 Å². The van der Waals surface area contributed by atoms with Crippen LogP contribution in [0, 0.1) is 6.92 Å². The highest BCUT2D eigenvalue weighted by atomic mass is 32.1. The van der Waals surface area contributed by atoms with Crippen molar-refractivity contribution in [1.29, 1.82) is 0 Å². The van der Waals surface area contributed by atoms with Crippen LogP contribution in [0.2, 0.25) is 0 Å². The van der Waals surface area contributed by atoms with Gasteiger partial charge in [0.25, 0.3) is 6.71 Å². The third-order valence-electron chi connectivity index (χ3n) is 11.5. The minimum atomic E-state index is 0.0151. The first-order valence-corrected chi connectivity index (χ1v) is 20.2. The molecule has 270 valence electrons. The van der Waals surface area contributed by atoms with Crippen LogP contribution < -0.4 is 26.2 Å². The van der Waals surface area contributed by atoms with Crippen LogP contribution in [0.4, 0.5) is 33.4 Å². The van der Waals surface area contributed by atoms with E-state index in [0.29, 0.717) is 0 Å². The molecule has 0 aliphatic carbocycles. The summed E-state index contributed by atoms with van der Waals surface area (Å²) in [6, 6.07) is 38.1. The summed E-state index contributed by atoms with van der Waals surface area (Å²) in [4.78, 5) is 5.14. The number of aryl methyl sites for hydroxylation is 1. The van der Waals surface area contributed by atoms with Gasteiger partial charge in [0.1, 0.15) is 0 Å². The van der Waals surface area contributed by atoms with Crippen LogP contribution in [0.1, 0.15) is 111 Å². The maximum Gasteiger partial charge on any atom is 0.254 e. The molecule has 0 bridgehead atoms. The Morgan fingerprint density at radius 3 is 1.43 bits per heavy atom. The number of hydrogen-bond acceptors (Lipinski definition) is 3. The predicted molar refractivity (Wildman–Crippen MR) is 235 cm³/mol. The number of hydrogen-bond donors (Lipinski definition) is 0. The van der Waals surface area contributed by atoms with E-state index in [4.69, 9.17) is 0 Å². The Labute approximate surface area is 323 Å². The molecular weight excluding hydrogens is 659 g/mol. The molecule has 0 saturated heterocycles. The van der Waals surface area contributed by atoms with Crippen molar-refractivity contribution in [3.05, 3.63) is 125 Å². The van der Waals surface area contributed by atoms with E-state index in [2.05, 4.69) is 197 Å². The minimum Gasteiger partial charge on any atom is -0.311 e. The summed E-state index contributed by atoms with van der Waals surface area (Å²) in [6.07, 6.45) is 0. The molecule has 2 aliphatic heterocycles. The smallest absolute Gasteiger partial charge is 0.254 e. The minimum absolute atomic E-state index is 0.0151. The van der Waals surface area contributed by atoms with E-state index in [9.17, 15) is 0 Å². The van der Waals surface area contributed by atoms with Crippen LogP contribution in [0.5, 0.6) is 0 Å². The highest BCUT2D eigenvalue weighted by Gasteiger charge is 2.45. The Morgan fingerprint density at radius 2 is 0.906 bits per heavy atom. The van der Waals surface area contributed by atoms with Crippen molar-refractivity contribution in [3.8, 4) is 0 Å². The lowest BCUT2D eigenvalue weighted by Gasteiger charge is -2.44. The van der Waals surface area contributed by atoms with Crippen molar-refractivity contribution in [3.63, 3.8) is 0 Å². The molecular formula is C49H55BN2S. The second kappa shape index (κ2) is 11.9. The summed E-state index contributed by atoms with van der Waals surface area (Å²) in [5, 5.41) is 2.70. The van der Waals surface area contributed by atoms with Gasteiger partial charge < -0.3 is 9.80 Å². The quantitative estimate of drug-likeness (QED) is 0.165. The zero-order valence-electron chi connectivity index (χ0n) is 34.1. The normalized spacial score (nSPS) is 14.4. The third kappa shape index (κ3) is 5.93. The Morgan fingerprint density at radius 1 is 0.453 bits per heavy atom. The van der Waals surface area contributed by atoms with E-state index in [-0.39, 0.29) is 28.4 Å². The number of anilines is 6. The van der Waals surface area contributed by atoms with E-state index >= 15 is 0 Å². The Kier molecular flexibility index (Phi) is 8.00. The molecule has 0 saturated carbocycles. The zero-order valence-corrected chi connectivity index (χ0v) is 34.9. The lowest BCUT2D eigenvalue weighted by molar-refractivity contribution is 0.590. The van der Waals surface area contributed by atoms with Crippen molar-refractivity contribution in [2.75, 3.05) is 9.80 Å². The van der Waals surface area contributed by atoms with Gasteiger partial charge in [0.05, 0.1) is 5.00 Å². The molecule has 0 spiro atoms. The average molecular weight is 715 g/mol. The number of nitrogens with zero attached hydrogens (tertiary/aromatic N) is 2. The summed E-state index contributed by atoms with van der Waals surface area (Å²) in [5.74, 6) is 0. The van der Waals surface area contributed by atoms with Crippen molar-refractivity contribution in [1.82, 2.24) is 0 Å². The largest absolute Gasteiger partial charge is 0.311 e. The maximum absolute atomic E-state index is 2.59. The second-order valence-corrected chi connectivity index (χ2v) is 20.8. The lowest BCUT2D eigenvalue weighted by Crippen LogP contribution is -2.61. The molecule has 2 nitrogen and oxygen atoms in total. The third-order valence-corrected chi connectivity index (χ3v) is 12.7. The molecule has 0 radical (unpaired) electrons. The number of rotatable bonds is 2. The van der Waals surface area contributed by atoms with E-state index in [1.807, 2.05) is 11.3 Å². The van der Waals surface area contributed by atoms with E-state index in [0.717, 1.165) is 0 Å². The van der Waals surface area contributed by atoms with Gasteiger partial charge in [-0.2, -0.15) is 0 Å². The van der Waals surface area contributed by atoms with Crippen molar-refractivity contribution < 1.29 is 0 Å². The van der Waals surface area contributed by atoms with Crippen molar-refractivity contribution in [2.24, 2.45) is 0 Å². The lowest BCUT2D eigenvalue weighted by atomic mass is 9.33. The van der Waals surface area contributed by atoms with Crippen LogP contribution >= 0.6 is 11.3 Å². The molecule has 0 amide bonds. The highest BCUT2D eigenvalue weighted by molar-refractivity contribution is 7.26. The maximum atomic E-state index is 2.59. The van der Waals surface area contributed by atoms with Crippen LogP contribution in [0.15, 0.2) is 97.1 Å². The van der Waals surface area contributed by atoms with Crippen molar-refractivity contribution in [2.45, 2.75) is 112 Å². The van der Waals surface area contributed by atoms with Crippen LogP contribution in [0.25, 0.3) is 10.1 Å². The summed E-state index contributed by atoms with van der Waals surface area (Å²) < 4.78 is 1.36. The molecule has 2 aliphatic rings. The number of thiophene rings is 1. The molecule has 5 aromatic carbocycles. The van der Waals surface area contributed by atoms with Crippen LogP contribution in [-0.2, 0) is 21.7 Å².